The van der Waals surface area contributed by atoms with Crippen LogP contribution in [0.15, 0.2) is 18.2 Å². The van der Waals surface area contributed by atoms with Crippen molar-refractivity contribution in [1.29, 1.82) is 0 Å². The van der Waals surface area contributed by atoms with Gasteiger partial charge in [-0.05, 0) is 31.2 Å². The second-order valence-corrected chi connectivity index (χ2v) is 5.40. The summed E-state index contributed by atoms with van der Waals surface area (Å²) in [6.07, 6.45) is -3.31. The van der Waals surface area contributed by atoms with E-state index in [2.05, 4.69) is 11.8 Å². The fourth-order valence-electron chi connectivity index (χ4n) is 2.47. The van der Waals surface area contributed by atoms with Crippen molar-refractivity contribution in [2.45, 2.75) is 19.5 Å². The van der Waals surface area contributed by atoms with Gasteiger partial charge in [-0.15, -0.1) is 0 Å². The fourth-order valence-corrected chi connectivity index (χ4v) is 2.70. The summed E-state index contributed by atoms with van der Waals surface area (Å²) in [5.74, 6) is 0. The van der Waals surface area contributed by atoms with Gasteiger partial charge in [0.1, 0.15) is 0 Å². The molecule has 20 heavy (non-hydrogen) atoms. The number of hydrogen-bond donors (Lipinski definition) is 0. The molecule has 0 amide bonds. The number of anilines is 1. The van der Waals surface area contributed by atoms with Crippen LogP contribution in [0.4, 0.5) is 18.9 Å². The van der Waals surface area contributed by atoms with Crippen molar-refractivity contribution in [2.24, 2.45) is 0 Å². The van der Waals surface area contributed by atoms with Gasteiger partial charge in [0.25, 0.3) is 0 Å². The zero-order valence-corrected chi connectivity index (χ0v) is 12.1. The maximum Gasteiger partial charge on any atom is 0.417 e. The van der Waals surface area contributed by atoms with E-state index in [4.69, 9.17) is 11.6 Å². The highest BCUT2D eigenvalue weighted by Crippen LogP contribution is 2.37. The van der Waals surface area contributed by atoms with Gasteiger partial charge in [0, 0.05) is 31.9 Å². The molecule has 6 heteroatoms. The van der Waals surface area contributed by atoms with Crippen molar-refractivity contribution in [3.8, 4) is 0 Å². The summed E-state index contributed by atoms with van der Waals surface area (Å²) < 4.78 is 38.5. The molecule has 0 saturated carbocycles. The van der Waals surface area contributed by atoms with Crippen molar-refractivity contribution < 1.29 is 13.2 Å². The normalized spacial score (nSPS) is 17.6. The molecular weight excluding hydrogens is 289 g/mol. The standard InChI is InChI=1S/C14H18ClF3N2/c1-2-5-19-6-8-20(9-7-19)11-3-4-13(15)12(10-11)14(16,17)18/h3-4,10H,2,5-9H2,1H3. The van der Waals surface area contributed by atoms with Gasteiger partial charge in [-0.25, -0.2) is 0 Å². The quantitative estimate of drug-likeness (QED) is 0.836. The molecule has 2 rings (SSSR count). The predicted molar refractivity (Wildman–Crippen MR) is 75.4 cm³/mol. The Morgan fingerprint density at radius 3 is 2.35 bits per heavy atom. The van der Waals surface area contributed by atoms with Crippen LogP contribution in [0.25, 0.3) is 0 Å². The Morgan fingerprint density at radius 1 is 1.15 bits per heavy atom. The Bertz CT molecular complexity index is 454. The van der Waals surface area contributed by atoms with Crippen molar-refractivity contribution in [2.75, 3.05) is 37.6 Å². The van der Waals surface area contributed by atoms with Crippen molar-refractivity contribution in [3.63, 3.8) is 0 Å². The zero-order chi connectivity index (χ0) is 14.8. The number of piperazine rings is 1. The van der Waals surface area contributed by atoms with Crippen LogP contribution in [0, 0.1) is 0 Å². The van der Waals surface area contributed by atoms with Crippen LogP contribution >= 0.6 is 11.6 Å². The lowest BCUT2D eigenvalue weighted by atomic mass is 10.1. The topological polar surface area (TPSA) is 6.48 Å². The van der Waals surface area contributed by atoms with Crippen molar-refractivity contribution in [1.82, 2.24) is 4.90 Å². The SMILES string of the molecule is CCCN1CCN(c2ccc(Cl)c(C(F)(F)F)c2)CC1. The van der Waals surface area contributed by atoms with Crippen molar-refractivity contribution >= 4 is 17.3 Å². The van der Waals surface area contributed by atoms with E-state index in [0.29, 0.717) is 5.69 Å². The highest BCUT2D eigenvalue weighted by atomic mass is 35.5. The highest BCUT2D eigenvalue weighted by molar-refractivity contribution is 6.31. The lowest BCUT2D eigenvalue weighted by molar-refractivity contribution is -0.137. The summed E-state index contributed by atoms with van der Waals surface area (Å²) in [6, 6.07) is 4.14. The Hall–Kier alpha value is -0.940. The summed E-state index contributed by atoms with van der Waals surface area (Å²) >= 11 is 5.64. The van der Waals surface area contributed by atoms with Crippen LogP contribution in [0.2, 0.25) is 5.02 Å². The molecule has 2 nitrogen and oxygen atoms in total. The molecule has 1 aromatic rings. The zero-order valence-electron chi connectivity index (χ0n) is 11.4. The highest BCUT2D eigenvalue weighted by Gasteiger charge is 2.34. The van der Waals surface area contributed by atoms with Gasteiger partial charge < -0.3 is 4.90 Å². The van der Waals surface area contributed by atoms with Gasteiger partial charge in [-0.1, -0.05) is 18.5 Å². The molecule has 0 bridgehead atoms. The fraction of sp³-hybridized carbons (Fsp3) is 0.571. The average Bonchev–Trinajstić information content (AvgIpc) is 2.39. The smallest absolute Gasteiger partial charge is 0.369 e. The summed E-state index contributed by atoms with van der Waals surface area (Å²) in [6.45, 7) is 6.44. The Balaban J connectivity index is 2.11. The molecule has 0 unspecified atom stereocenters. The molecule has 1 saturated heterocycles. The molecule has 1 heterocycles. The third kappa shape index (κ3) is 3.58. The monoisotopic (exact) mass is 306 g/mol. The maximum absolute atomic E-state index is 12.8. The van der Waals surface area contributed by atoms with Crippen molar-refractivity contribution in [3.05, 3.63) is 28.8 Å². The Kier molecular flexibility index (Phi) is 4.81. The Labute approximate surface area is 122 Å². The molecule has 1 aliphatic heterocycles. The van der Waals surface area contributed by atoms with E-state index < -0.39 is 11.7 Å². The summed E-state index contributed by atoms with van der Waals surface area (Å²) in [5, 5.41) is -0.245. The average molecular weight is 307 g/mol. The first-order valence-corrected chi connectivity index (χ1v) is 7.13. The largest absolute Gasteiger partial charge is 0.417 e. The minimum atomic E-state index is -4.41. The van der Waals surface area contributed by atoms with E-state index in [0.717, 1.165) is 45.2 Å². The number of alkyl halides is 3. The molecule has 1 aliphatic rings. The second-order valence-electron chi connectivity index (χ2n) is 4.99. The molecule has 0 spiro atoms. The minimum Gasteiger partial charge on any atom is -0.369 e. The molecule has 1 fully saturated rings. The van der Waals surface area contributed by atoms with Crippen LogP contribution in [0.5, 0.6) is 0 Å². The number of hydrogen-bond acceptors (Lipinski definition) is 2. The van der Waals surface area contributed by atoms with Gasteiger partial charge in [0.05, 0.1) is 10.6 Å². The molecular formula is C14H18ClF3N2. The van der Waals surface area contributed by atoms with Crippen LogP contribution in [0.1, 0.15) is 18.9 Å². The first-order valence-electron chi connectivity index (χ1n) is 6.76. The van der Waals surface area contributed by atoms with Crippen LogP contribution in [-0.4, -0.2) is 37.6 Å². The van der Waals surface area contributed by atoms with Gasteiger partial charge >= 0.3 is 6.18 Å². The number of benzene rings is 1. The Morgan fingerprint density at radius 2 is 1.80 bits per heavy atom. The first-order chi connectivity index (χ1) is 9.41. The van der Waals surface area contributed by atoms with Crippen LogP contribution in [0.3, 0.4) is 0 Å². The van der Waals surface area contributed by atoms with E-state index in [9.17, 15) is 13.2 Å². The van der Waals surface area contributed by atoms with E-state index in [1.54, 1.807) is 6.07 Å². The molecule has 1 aromatic carbocycles. The third-order valence-corrected chi connectivity index (χ3v) is 3.86. The molecule has 0 radical (unpaired) electrons. The molecule has 0 atom stereocenters. The van der Waals surface area contributed by atoms with Gasteiger partial charge in [0.2, 0.25) is 0 Å². The number of halogens is 4. The minimum absolute atomic E-state index is 0.245. The lowest BCUT2D eigenvalue weighted by Crippen LogP contribution is -2.46. The molecule has 112 valence electrons. The first kappa shape index (κ1) is 15.4. The molecule has 0 aliphatic carbocycles. The summed E-state index contributed by atoms with van der Waals surface area (Å²) in [4.78, 5) is 4.31. The van der Waals surface area contributed by atoms with Gasteiger partial charge in [0.15, 0.2) is 0 Å². The van der Waals surface area contributed by atoms with E-state index in [1.807, 2.05) is 4.90 Å². The van der Waals surface area contributed by atoms with Gasteiger partial charge in [-0.2, -0.15) is 13.2 Å². The van der Waals surface area contributed by atoms with E-state index in [1.165, 1.54) is 6.07 Å². The lowest BCUT2D eigenvalue weighted by Gasteiger charge is -2.36. The predicted octanol–water partition coefficient (Wildman–Crippen LogP) is 3.89. The summed E-state index contributed by atoms with van der Waals surface area (Å²) in [5.41, 5.74) is -0.162. The van der Waals surface area contributed by atoms with E-state index in [-0.39, 0.29) is 5.02 Å². The van der Waals surface area contributed by atoms with Gasteiger partial charge in [-0.3, -0.25) is 4.90 Å². The van der Waals surface area contributed by atoms with E-state index >= 15 is 0 Å². The van der Waals surface area contributed by atoms with Crippen LogP contribution < -0.4 is 4.90 Å². The second kappa shape index (κ2) is 6.22. The number of rotatable bonds is 3. The maximum atomic E-state index is 12.8. The molecule has 0 N–H and O–H groups in total. The van der Waals surface area contributed by atoms with Crippen LogP contribution in [-0.2, 0) is 6.18 Å². The molecule has 0 aromatic heterocycles. The summed E-state index contributed by atoms with van der Waals surface area (Å²) in [7, 11) is 0. The number of nitrogens with zero attached hydrogens (tertiary/aromatic N) is 2. The third-order valence-electron chi connectivity index (χ3n) is 3.53.